The van der Waals surface area contributed by atoms with E-state index in [2.05, 4.69) is 65.1 Å². The van der Waals surface area contributed by atoms with Crippen molar-refractivity contribution in [2.24, 2.45) is 0 Å². The minimum Gasteiger partial charge on any atom is -0.377 e. The SMILES string of the molecule is Cc1c(C(=O)NC2COC2)cc(-c2cc(C(C)(C)C)cc(C(C)(C)C)c2)n1S(=O)(=O)N(C)C1CCCCC1. The topological polar surface area (TPSA) is 80.6 Å². The van der Waals surface area contributed by atoms with E-state index in [1.54, 1.807) is 20.0 Å². The van der Waals surface area contributed by atoms with Crippen LogP contribution in [0.4, 0.5) is 0 Å². The first kappa shape index (κ1) is 28.8. The largest absolute Gasteiger partial charge is 0.377 e. The standard InChI is InChI=1S/C30H45N3O4S/c1-20-26(28(34)31-24-18-37-19-24)17-27(33(20)38(35,36)32(8)25-12-10-9-11-13-25)21-14-22(29(2,3)4)16-23(15-21)30(5,6)7/h14-17,24-25H,9-13,18-19H2,1-8H3,(H,31,34). The molecule has 2 aromatic rings. The normalized spacial score (nSPS) is 18.0. The molecular formula is C30H45N3O4S. The Balaban J connectivity index is 1.92. The maximum atomic E-state index is 14.3. The van der Waals surface area contributed by atoms with E-state index in [-0.39, 0.29) is 28.8 Å². The van der Waals surface area contributed by atoms with Gasteiger partial charge in [0.05, 0.1) is 30.5 Å². The summed E-state index contributed by atoms with van der Waals surface area (Å²) in [6, 6.07) is 8.04. The first-order valence-electron chi connectivity index (χ1n) is 13.9. The van der Waals surface area contributed by atoms with E-state index in [1.165, 1.54) is 8.28 Å². The van der Waals surface area contributed by atoms with Crippen LogP contribution >= 0.6 is 0 Å². The quantitative estimate of drug-likeness (QED) is 0.518. The number of hydrogen-bond acceptors (Lipinski definition) is 4. The summed E-state index contributed by atoms with van der Waals surface area (Å²) in [5.74, 6) is -0.269. The third-order valence-corrected chi connectivity index (χ3v) is 10.0. The second kappa shape index (κ2) is 10.4. The molecule has 2 aliphatic rings. The summed E-state index contributed by atoms with van der Waals surface area (Å²) in [7, 11) is -2.25. The van der Waals surface area contributed by atoms with Crippen LogP contribution in [0, 0.1) is 6.92 Å². The van der Waals surface area contributed by atoms with Gasteiger partial charge in [0, 0.05) is 18.8 Å². The molecule has 0 unspecified atom stereocenters. The molecule has 8 heteroatoms. The molecule has 0 radical (unpaired) electrons. The smallest absolute Gasteiger partial charge is 0.308 e. The fourth-order valence-corrected chi connectivity index (χ4v) is 7.00. The van der Waals surface area contributed by atoms with Crippen LogP contribution in [0.5, 0.6) is 0 Å². The lowest BCUT2D eigenvalue weighted by Crippen LogP contribution is -2.48. The van der Waals surface area contributed by atoms with E-state index >= 15 is 0 Å². The van der Waals surface area contributed by atoms with Crippen LogP contribution in [0.1, 0.15) is 101 Å². The van der Waals surface area contributed by atoms with Gasteiger partial charge >= 0.3 is 10.2 Å². The predicted molar refractivity (Wildman–Crippen MR) is 153 cm³/mol. The molecule has 1 aliphatic heterocycles. The van der Waals surface area contributed by atoms with Crippen LogP contribution in [0.2, 0.25) is 0 Å². The van der Waals surface area contributed by atoms with Gasteiger partial charge < -0.3 is 10.1 Å². The summed E-state index contributed by atoms with van der Waals surface area (Å²) in [5, 5.41) is 3.00. The van der Waals surface area contributed by atoms with Crippen LogP contribution in [-0.4, -0.2) is 54.9 Å². The Bertz CT molecular complexity index is 1260. The van der Waals surface area contributed by atoms with Gasteiger partial charge in [-0.1, -0.05) is 66.9 Å². The minimum atomic E-state index is -3.93. The molecule has 1 saturated heterocycles. The monoisotopic (exact) mass is 543 g/mol. The van der Waals surface area contributed by atoms with Gasteiger partial charge in [0.2, 0.25) is 0 Å². The van der Waals surface area contributed by atoms with E-state index in [4.69, 9.17) is 4.74 Å². The highest BCUT2D eigenvalue weighted by atomic mass is 32.2. The van der Waals surface area contributed by atoms with Crippen molar-refractivity contribution >= 4 is 16.1 Å². The Morgan fingerprint density at radius 3 is 1.97 bits per heavy atom. The molecule has 1 amide bonds. The average molecular weight is 544 g/mol. The summed E-state index contributed by atoms with van der Waals surface area (Å²) in [6.07, 6.45) is 4.91. The molecule has 0 bridgehead atoms. The Hall–Kier alpha value is -2.16. The van der Waals surface area contributed by atoms with Crippen LogP contribution in [0.25, 0.3) is 11.3 Å². The molecule has 4 rings (SSSR count). The van der Waals surface area contributed by atoms with Crippen LogP contribution in [0.15, 0.2) is 24.3 Å². The van der Waals surface area contributed by atoms with E-state index in [1.807, 2.05) is 0 Å². The molecule has 1 aromatic carbocycles. The molecular weight excluding hydrogens is 498 g/mol. The minimum absolute atomic E-state index is 0.0427. The van der Waals surface area contributed by atoms with Crippen molar-refractivity contribution in [3.05, 3.63) is 46.6 Å². The number of carbonyl (C=O) groups excluding carboxylic acids is 1. The fraction of sp³-hybridized carbons (Fsp3) is 0.633. The highest BCUT2D eigenvalue weighted by Gasteiger charge is 2.35. The van der Waals surface area contributed by atoms with Crippen molar-refractivity contribution in [2.75, 3.05) is 20.3 Å². The lowest BCUT2D eigenvalue weighted by atomic mass is 9.79. The molecule has 2 fully saturated rings. The number of nitrogens with one attached hydrogen (secondary N) is 1. The Morgan fingerprint density at radius 1 is 0.947 bits per heavy atom. The van der Waals surface area contributed by atoms with Gasteiger partial charge in [0.25, 0.3) is 5.91 Å². The molecule has 210 valence electrons. The number of carbonyl (C=O) groups is 1. The third kappa shape index (κ3) is 5.73. The molecule has 1 N–H and O–H groups in total. The Labute approximate surface area is 229 Å². The number of nitrogens with zero attached hydrogens (tertiary/aromatic N) is 2. The number of benzene rings is 1. The first-order chi connectivity index (χ1) is 17.6. The molecule has 1 aromatic heterocycles. The van der Waals surface area contributed by atoms with Crippen molar-refractivity contribution in [3.8, 4) is 11.3 Å². The highest BCUT2D eigenvalue weighted by molar-refractivity contribution is 7.87. The van der Waals surface area contributed by atoms with Crippen molar-refractivity contribution < 1.29 is 17.9 Å². The number of aromatic nitrogens is 1. The average Bonchev–Trinajstić information content (AvgIpc) is 3.18. The third-order valence-electron chi connectivity index (χ3n) is 8.06. The highest BCUT2D eigenvalue weighted by Crippen LogP contribution is 2.37. The van der Waals surface area contributed by atoms with Gasteiger partial charge in [0.1, 0.15) is 0 Å². The van der Waals surface area contributed by atoms with E-state index < -0.39 is 10.2 Å². The second-order valence-corrected chi connectivity index (χ2v) is 15.0. The van der Waals surface area contributed by atoms with Gasteiger partial charge in [-0.2, -0.15) is 12.7 Å². The number of ether oxygens (including phenoxy) is 1. The lowest BCUT2D eigenvalue weighted by molar-refractivity contribution is -0.00347. The Kier molecular flexibility index (Phi) is 7.92. The van der Waals surface area contributed by atoms with Gasteiger partial charge in [-0.3, -0.25) is 4.79 Å². The van der Waals surface area contributed by atoms with Crippen LogP contribution in [-0.2, 0) is 25.8 Å². The maximum Gasteiger partial charge on any atom is 0.308 e. The molecule has 1 saturated carbocycles. The molecule has 1 aliphatic carbocycles. The van der Waals surface area contributed by atoms with Gasteiger partial charge in [-0.05, 0) is 65.5 Å². The molecule has 0 spiro atoms. The summed E-state index contributed by atoms with van der Waals surface area (Å²) in [4.78, 5) is 13.3. The summed E-state index contributed by atoms with van der Waals surface area (Å²) in [6.45, 7) is 15.7. The van der Waals surface area contributed by atoms with Crippen molar-refractivity contribution in [3.63, 3.8) is 0 Å². The molecule has 7 nitrogen and oxygen atoms in total. The molecule has 0 atom stereocenters. The number of rotatable bonds is 6. The number of hydrogen-bond donors (Lipinski definition) is 1. The zero-order valence-corrected chi connectivity index (χ0v) is 25.2. The first-order valence-corrected chi connectivity index (χ1v) is 15.3. The van der Waals surface area contributed by atoms with Gasteiger partial charge in [-0.25, -0.2) is 3.97 Å². The van der Waals surface area contributed by atoms with Crippen LogP contribution < -0.4 is 5.32 Å². The van der Waals surface area contributed by atoms with Gasteiger partial charge in [0.15, 0.2) is 0 Å². The summed E-state index contributed by atoms with van der Waals surface area (Å²) >= 11 is 0. The fourth-order valence-electron chi connectivity index (χ4n) is 5.30. The number of amides is 1. The van der Waals surface area contributed by atoms with Crippen LogP contribution in [0.3, 0.4) is 0 Å². The lowest BCUT2D eigenvalue weighted by Gasteiger charge is -2.32. The summed E-state index contributed by atoms with van der Waals surface area (Å²) < 4.78 is 36.7. The zero-order valence-electron chi connectivity index (χ0n) is 24.3. The van der Waals surface area contributed by atoms with Crippen molar-refractivity contribution in [2.45, 2.75) is 103 Å². The molecule has 38 heavy (non-hydrogen) atoms. The van der Waals surface area contributed by atoms with Crippen molar-refractivity contribution in [1.29, 1.82) is 0 Å². The second-order valence-electron chi connectivity index (χ2n) is 13.1. The van der Waals surface area contributed by atoms with Gasteiger partial charge in [-0.15, -0.1) is 0 Å². The Morgan fingerprint density at radius 2 is 1.50 bits per heavy atom. The molecule has 2 heterocycles. The van der Waals surface area contributed by atoms with Crippen molar-refractivity contribution in [1.82, 2.24) is 13.6 Å². The van der Waals surface area contributed by atoms with E-state index in [0.29, 0.717) is 30.2 Å². The predicted octanol–water partition coefficient (Wildman–Crippen LogP) is 5.54. The van der Waals surface area contributed by atoms with E-state index in [0.717, 1.165) is 48.8 Å². The summed E-state index contributed by atoms with van der Waals surface area (Å²) in [5.41, 5.74) is 4.12. The van der Waals surface area contributed by atoms with E-state index in [9.17, 15) is 13.2 Å². The maximum absolute atomic E-state index is 14.3. The zero-order chi connectivity index (χ0) is 28.0.